The summed E-state index contributed by atoms with van der Waals surface area (Å²) in [4.78, 5) is 19.5. The van der Waals surface area contributed by atoms with Crippen LogP contribution in [0.4, 0.5) is 4.79 Å². The number of nitrogens with zero attached hydrogens (tertiary/aromatic N) is 2. The second-order valence-electron chi connectivity index (χ2n) is 5.20. The molecular weight excluding hydrogens is 240 g/mol. The molecule has 0 spiro atoms. The summed E-state index contributed by atoms with van der Waals surface area (Å²) in [5.41, 5.74) is 1.15. The molecule has 2 aromatic rings. The average molecular weight is 256 g/mol. The van der Waals surface area contributed by atoms with Gasteiger partial charge in [-0.2, -0.15) is 4.99 Å². The number of ether oxygens (including phenoxy) is 1. The van der Waals surface area contributed by atoms with Gasteiger partial charge in [0.15, 0.2) is 0 Å². The summed E-state index contributed by atoms with van der Waals surface area (Å²) >= 11 is 0. The summed E-state index contributed by atoms with van der Waals surface area (Å²) < 4.78 is 5.09. The maximum absolute atomic E-state index is 11.5. The molecule has 0 unspecified atom stereocenters. The molecule has 0 bridgehead atoms. The normalized spacial score (nSPS) is 11.9. The van der Waals surface area contributed by atoms with Crippen molar-refractivity contribution in [3.63, 3.8) is 0 Å². The summed E-state index contributed by atoms with van der Waals surface area (Å²) in [7, 11) is 0. The molecule has 0 aliphatic rings. The molecule has 0 aliphatic carbocycles. The number of carbonyl (C=O) groups excluding carboxylic acids is 1. The van der Waals surface area contributed by atoms with Gasteiger partial charge in [-0.15, -0.1) is 0 Å². The number of hydrogen-bond acceptors (Lipinski definition) is 3. The van der Waals surface area contributed by atoms with Crippen LogP contribution in [-0.2, 0) is 4.74 Å². The molecule has 1 aromatic heterocycles. The Kier molecular flexibility index (Phi) is 3.60. The van der Waals surface area contributed by atoms with Crippen molar-refractivity contribution in [3.8, 4) is 0 Å². The largest absolute Gasteiger partial charge is 0.442 e. The number of rotatable bonds is 1. The molecule has 1 heterocycles. The van der Waals surface area contributed by atoms with E-state index < -0.39 is 11.7 Å². The lowest BCUT2D eigenvalue weighted by molar-refractivity contribution is 0.0605. The van der Waals surface area contributed by atoms with Gasteiger partial charge in [0.2, 0.25) is 0 Å². The number of para-hydroxylation sites is 1. The highest BCUT2D eigenvalue weighted by atomic mass is 16.6. The van der Waals surface area contributed by atoms with E-state index in [0.29, 0.717) is 0 Å². The Morgan fingerprint density at radius 2 is 2.05 bits per heavy atom. The first-order valence-electron chi connectivity index (χ1n) is 6.06. The lowest BCUT2D eigenvalue weighted by Crippen LogP contribution is -2.21. The van der Waals surface area contributed by atoms with Gasteiger partial charge in [0.05, 0.1) is 5.52 Å². The minimum absolute atomic E-state index is 0.532. The van der Waals surface area contributed by atoms with E-state index in [1.165, 1.54) is 6.21 Å². The Morgan fingerprint density at radius 3 is 2.79 bits per heavy atom. The summed E-state index contributed by atoms with van der Waals surface area (Å²) in [5, 5.41) is 1.01. The van der Waals surface area contributed by atoms with E-state index in [0.717, 1.165) is 16.5 Å². The van der Waals surface area contributed by atoms with Crippen LogP contribution < -0.4 is 0 Å². The highest BCUT2D eigenvalue weighted by Crippen LogP contribution is 2.12. The van der Waals surface area contributed by atoms with Crippen molar-refractivity contribution in [3.05, 3.63) is 42.1 Å². The molecule has 4 heteroatoms. The molecule has 0 saturated carbocycles. The van der Waals surface area contributed by atoms with E-state index in [9.17, 15) is 4.79 Å². The SMILES string of the molecule is CC(C)(C)OC(=O)/N=C/c1cnc2ccccc2c1. The van der Waals surface area contributed by atoms with E-state index in [1.807, 2.05) is 30.3 Å². The lowest BCUT2D eigenvalue weighted by Gasteiger charge is -2.17. The van der Waals surface area contributed by atoms with Crippen molar-refractivity contribution in [1.82, 2.24) is 4.98 Å². The van der Waals surface area contributed by atoms with Gasteiger partial charge in [-0.05, 0) is 32.9 Å². The van der Waals surface area contributed by atoms with E-state index in [-0.39, 0.29) is 0 Å². The fourth-order valence-electron chi connectivity index (χ4n) is 1.57. The fraction of sp³-hybridized carbons (Fsp3) is 0.267. The van der Waals surface area contributed by atoms with Crippen molar-refractivity contribution in [1.29, 1.82) is 0 Å². The van der Waals surface area contributed by atoms with Gasteiger partial charge < -0.3 is 4.74 Å². The van der Waals surface area contributed by atoms with Gasteiger partial charge in [-0.1, -0.05) is 18.2 Å². The van der Waals surface area contributed by atoms with Gasteiger partial charge >= 0.3 is 6.09 Å². The second kappa shape index (κ2) is 5.18. The monoisotopic (exact) mass is 256 g/mol. The van der Waals surface area contributed by atoms with Crippen LogP contribution >= 0.6 is 0 Å². The number of amides is 1. The first-order valence-corrected chi connectivity index (χ1v) is 6.06. The third-order valence-corrected chi connectivity index (χ3v) is 2.32. The summed E-state index contributed by atoms with van der Waals surface area (Å²) in [6.45, 7) is 5.41. The van der Waals surface area contributed by atoms with Crippen LogP contribution in [0.25, 0.3) is 10.9 Å². The minimum atomic E-state index is -0.597. The molecule has 98 valence electrons. The Bertz CT molecular complexity index is 627. The van der Waals surface area contributed by atoms with Gasteiger partial charge in [0, 0.05) is 23.4 Å². The Hall–Kier alpha value is -2.23. The molecular formula is C15H16N2O2. The number of benzene rings is 1. The van der Waals surface area contributed by atoms with Gasteiger partial charge in [0.1, 0.15) is 5.60 Å². The molecule has 0 aliphatic heterocycles. The molecule has 4 nitrogen and oxygen atoms in total. The first kappa shape index (κ1) is 13.2. The van der Waals surface area contributed by atoms with Crippen LogP contribution in [0, 0.1) is 0 Å². The molecule has 0 saturated heterocycles. The van der Waals surface area contributed by atoms with Crippen molar-refractivity contribution < 1.29 is 9.53 Å². The van der Waals surface area contributed by atoms with Gasteiger partial charge in [-0.3, -0.25) is 4.98 Å². The lowest BCUT2D eigenvalue weighted by atomic mass is 10.2. The predicted octanol–water partition coefficient (Wildman–Crippen LogP) is 3.59. The zero-order valence-corrected chi connectivity index (χ0v) is 11.3. The highest BCUT2D eigenvalue weighted by Gasteiger charge is 2.14. The number of hydrogen-bond donors (Lipinski definition) is 0. The summed E-state index contributed by atoms with van der Waals surface area (Å²) in [6, 6.07) is 9.70. The smallest absolute Gasteiger partial charge is 0.434 e. The quantitative estimate of drug-likeness (QED) is 0.733. The average Bonchev–Trinajstić information content (AvgIpc) is 2.34. The van der Waals surface area contributed by atoms with Crippen molar-refractivity contribution >= 4 is 23.2 Å². The Morgan fingerprint density at radius 1 is 1.32 bits per heavy atom. The first-order chi connectivity index (χ1) is 8.94. The van der Waals surface area contributed by atoms with Crippen molar-refractivity contribution in [2.45, 2.75) is 26.4 Å². The number of pyridine rings is 1. The van der Waals surface area contributed by atoms with Gasteiger partial charge in [-0.25, -0.2) is 4.79 Å². The van der Waals surface area contributed by atoms with Crippen LogP contribution in [0.3, 0.4) is 0 Å². The minimum Gasteiger partial charge on any atom is -0.442 e. The van der Waals surface area contributed by atoms with E-state index >= 15 is 0 Å². The number of carbonyl (C=O) groups is 1. The fourth-order valence-corrected chi connectivity index (χ4v) is 1.57. The Balaban J connectivity index is 2.15. The number of aromatic nitrogens is 1. The molecule has 1 aromatic carbocycles. The van der Waals surface area contributed by atoms with Crippen LogP contribution in [0.15, 0.2) is 41.5 Å². The molecule has 19 heavy (non-hydrogen) atoms. The number of aliphatic imine (C=N–C) groups is 1. The standard InChI is InChI=1S/C15H16N2O2/c1-15(2,3)19-14(18)17-10-11-8-12-6-4-5-7-13(12)16-9-11/h4-10H,1-3H3/b17-10+. The third-order valence-electron chi connectivity index (χ3n) is 2.32. The van der Waals surface area contributed by atoms with Crippen LogP contribution in [0.5, 0.6) is 0 Å². The molecule has 0 fully saturated rings. The zero-order chi connectivity index (χ0) is 13.9. The third kappa shape index (κ3) is 3.88. The topological polar surface area (TPSA) is 51.5 Å². The molecule has 0 radical (unpaired) electrons. The summed E-state index contributed by atoms with van der Waals surface area (Å²) in [6.07, 6.45) is 2.55. The molecule has 2 rings (SSSR count). The summed E-state index contributed by atoms with van der Waals surface area (Å²) in [5.74, 6) is 0. The van der Waals surface area contributed by atoms with E-state index in [1.54, 1.807) is 27.0 Å². The van der Waals surface area contributed by atoms with Gasteiger partial charge in [0.25, 0.3) is 0 Å². The van der Waals surface area contributed by atoms with Crippen LogP contribution in [-0.4, -0.2) is 22.9 Å². The van der Waals surface area contributed by atoms with Crippen LogP contribution in [0.1, 0.15) is 26.3 Å². The number of fused-ring (bicyclic) bond motifs is 1. The maximum atomic E-state index is 11.5. The molecule has 0 atom stereocenters. The van der Waals surface area contributed by atoms with E-state index in [4.69, 9.17) is 4.74 Å². The van der Waals surface area contributed by atoms with Crippen molar-refractivity contribution in [2.24, 2.45) is 4.99 Å². The molecule has 0 N–H and O–H groups in total. The predicted molar refractivity (Wildman–Crippen MR) is 75.6 cm³/mol. The van der Waals surface area contributed by atoms with Crippen molar-refractivity contribution in [2.75, 3.05) is 0 Å². The maximum Gasteiger partial charge on any atom is 0.434 e. The van der Waals surface area contributed by atoms with E-state index in [2.05, 4.69) is 9.98 Å². The highest BCUT2D eigenvalue weighted by molar-refractivity contribution is 5.92. The Labute approximate surface area is 112 Å². The molecule has 1 amide bonds. The second-order valence-corrected chi connectivity index (χ2v) is 5.20. The zero-order valence-electron chi connectivity index (χ0n) is 11.3. The van der Waals surface area contributed by atoms with Crippen LogP contribution in [0.2, 0.25) is 0 Å².